The second kappa shape index (κ2) is 5.55. The summed E-state index contributed by atoms with van der Waals surface area (Å²) in [6.45, 7) is 1.04. The lowest BCUT2D eigenvalue weighted by molar-refractivity contribution is 0.00498. The molecular weight excluding hydrogens is 169 g/mol. The van der Waals surface area contributed by atoms with Gasteiger partial charge in [-0.1, -0.05) is 19.3 Å². The van der Waals surface area contributed by atoms with Gasteiger partial charge in [0.25, 0.3) is 0 Å². The molecule has 13 heavy (non-hydrogen) atoms. The second-order valence-electron chi connectivity index (χ2n) is 4.00. The molecule has 2 nitrogen and oxygen atoms in total. The molecule has 0 saturated heterocycles. The summed E-state index contributed by atoms with van der Waals surface area (Å²) >= 11 is 0. The lowest BCUT2D eigenvalue weighted by atomic mass is 9.85. The summed E-state index contributed by atoms with van der Waals surface area (Å²) < 4.78 is 11.8. The van der Waals surface area contributed by atoms with E-state index in [1.54, 1.807) is 0 Å². The monoisotopic (exact) mass is 189 g/mol. The molecule has 78 valence electrons. The Hall–Kier alpha value is -0.150. The van der Waals surface area contributed by atoms with E-state index in [0.29, 0.717) is 19.5 Å². The predicted molar refractivity (Wildman–Crippen MR) is 51.5 cm³/mol. The van der Waals surface area contributed by atoms with Gasteiger partial charge in [0.05, 0.1) is 12.3 Å². The van der Waals surface area contributed by atoms with Crippen LogP contribution in [-0.4, -0.2) is 30.5 Å². The highest BCUT2D eigenvalue weighted by Crippen LogP contribution is 2.27. The standard InChI is InChI=1S/C10H20FNO/c11-7-4-8-12-9-10(13)5-2-1-3-6-10/h12-13H,1-9H2. The molecule has 2 N–H and O–H groups in total. The van der Waals surface area contributed by atoms with Crippen LogP contribution in [0.15, 0.2) is 0 Å². The van der Waals surface area contributed by atoms with Crippen molar-refractivity contribution in [2.75, 3.05) is 19.8 Å². The first-order valence-corrected chi connectivity index (χ1v) is 5.26. The van der Waals surface area contributed by atoms with Crippen LogP contribution in [0.4, 0.5) is 4.39 Å². The maximum atomic E-state index is 11.8. The van der Waals surface area contributed by atoms with E-state index in [-0.39, 0.29) is 6.67 Å². The van der Waals surface area contributed by atoms with E-state index < -0.39 is 5.60 Å². The molecule has 0 aromatic carbocycles. The van der Waals surface area contributed by atoms with Gasteiger partial charge in [-0.25, -0.2) is 0 Å². The Bertz CT molecular complexity index is 135. The van der Waals surface area contributed by atoms with Crippen LogP contribution < -0.4 is 5.32 Å². The third kappa shape index (κ3) is 4.05. The summed E-state index contributed by atoms with van der Waals surface area (Å²) in [4.78, 5) is 0. The number of halogens is 1. The summed E-state index contributed by atoms with van der Waals surface area (Å²) in [7, 11) is 0. The number of nitrogens with one attached hydrogen (secondary N) is 1. The normalized spacial score (nSPS) is 21.7. The van der Waals surface area contributed by atoms with Crippen molar-refractivity contribution >= 4 is 0 Å². The van der Waals surface area contributed by atoms with E-state index in [1.807, 2.05) is 0 Å². The van der Waals surface area contributed by atoms with Gasteiger partial charge in [-0.15, -0.1) is 0 Å². The first-order valence-electron chi connectivity index (χ1n) is 5.26. The van der Waals surface area contributed by atoms with Crippen molar-refractivity contribution in [3.8, 4) is 0 Å². The third-order valence-corrected chi connectivity index (χ3v) is 2.73. The molecule has 0 heterocycles. The molecule has 0 amide bonds. The summed E-state index contributed by atoms with van der Waals surface area (Å²) in [6.07, 6.45) is 5.84. The van der Waals surface area contributed by atoms with E-state index in [1.165, 1.54) is 6.42 Å². The van der Waals surface area contributed by atoms with Gasteiger partial charge in [0.2, 0.25) is 0 Å². The number of aliphatic hydroxyl groups is 1. The van der Waals surface area contributed by atoms with Crippen LogP contribution >= 0.6 is 0 Å². The van der Waals surface area contributed by atoms with E-state index in [0.717, 1.165) is 25.7 Å². The van der Waals surface area contributed by atoms with Crippen molar-refractivity contribution < 1.29 is 9.50 Å². The predicted octanol–water partition coefficient (Wildman–Crippen LogP) is 1.63. The minimum atomic E-state index is -0.505. The lowest BCUT2D eigenvalue weighted by Gasteiger charge is -2.32. The largest absolute Gasteiger partial charge is 0.389 e. The van der Waals surface area contributed by atoms with Gasteiger partial charge in [-0.2, -0.15) is 0 Å². The Labute approximate surface area is 79.5 Å². The number of hydrogen-bond donors (Lipinski definition) is 2. The maximum Gasteiger partial charge on any atom is 0.0906 e. The van der Waals surface area contributed by atoms with Crippen LogP contribution in [0.3, 0.4) is 0 Å². The van der Waals surface area contributed by atoms with Gasteiger partial charge in [-0.3, -0.25) is 4.39 Å². The fraction of sp³-hybridized carbons (Fsp3) is 1.00. The molecule has 1 aliphatic carbocycles. The first kappa shape index (κ1) is 10.9. The molecule has 1 rings (SSSR count). The smallest absolute Gasteiger partial charge is 0.0906 e. The van der Waals surface area contributed by atoms with Crippen LogP contribution in [0.1, 0.15) is 38.5 Å². The van der Waals surface area contributed by atoms with Gasteiger partial charge in [0.1, 0.15) is 0 Å². The summed E-state index contributed by atoms with van der Waals surface area (Å²) in [6, 6.07) is 0. The van der Waals surface area contributed by atoms with Gasteiger partial charge in [-0.05, 0) is 25.8 Å². The van der Waals surface area contributed by atoms with Crippen molar-refractivity contribution in [2.45, 2.75) is 44.1 Å². The van der Waals surface area contributed by atoms with Crippen LogP contribution in [0.25, 0.3) is 0 Å². The van der Waals surface area contributed by atoms with Crippen LogP contribution in [-0.2, 0) is 0 Å². The average molecular weight is 189 g/mol. The highest BCUT2D eigenvalue weighted by atomic mass is 19.1. The fourth-order valence-electron chi connectivity index (χ4n) is 1.90. The molecule has 0 spiro atoms. The number of alkyl halides is 1. The minimum absolute atomic E-state index is 0.272. The Morgan fingerprint density at radius 1 is 1.23 bits per heavy atom. The van der Waals surface area contributed by atoms with Gasteiger partial charge in [0.15, 0.2) is 0 Å². The van der Waals surface area contributed by atoms with Gasteiger partial charge < -0.3 is 10.4 Å². The van der Waals surface area contributed by atoms with Crippen LogP contribution in [0.5, 0.6) is 0 Å². The topological polar surface area (TPSA) is 32.3 Å². The van der Waals surface area contributed by atoms with Crippen molar-refractivity contribution in [3.05, 3.63) is 0 Å². The molecule has 0 bridgehead atoms. The summed E-state index contributed by atoms with van der Waals surface area (Å²) in [5.41, 5.74) is -0.505. The zero-order chi connectivity index (χ0) is 9.57. The van der Waals surface area contributed by atoms with Crippen LogP contribution in [0.2, 0.25) is 0 Å². The molecule has 1 fully saturated rings. The molecule has 0 radical (unpaired) electrons. The Balaban J connectivity index is 2.10. The number of hydrogen-bond acceptors (Lipinski definition) is 2. The zero-order valence-corrected chi connectivity index (χ0v) is 8.19. The molecule has 0 aliphatic heterocycles. The molecule has 1 aliphatic rings. The fourth-order valence-corrected chi connectivity index (χ4v) is 1.90. The number of rotatable bonds is 5. The van der Waals surface area contributed by atoms with Crippen molar-refractivity contribution in [1.29, 1.82) is 0 Å². The Morgan fingerprint density at radius 3 is 2.54 bits per heavy atom. The van der Waals surface area contributed by atoms with Crippen LogP contribution in [0, 0.1) is 0 Å². The first-order chi connectivity index (χ1) is 6.27. The van der Waals surface area contributed by atoms with E-state index >= 15 is 0 Å². The van der Waals surface area contributed by atoms with Gasteiger partial charge >= 0.3 is 0 Å². The zero-order valence-electron chi connectivity index (χ0n) is 8.19. The maximum absolute atomic E-state index is 11.8. The Kier molecular flexibility index (Phi) is 4.67. The lowest BCUT2D eigenvalue weighted by Crippen LogP contribution is -2.42. The molecular formula is C10H20FNO. The Morgan fingerprint density at radius 2 is 1.92 bits per heavy atom. The van der Waals surface area contributed by atoms with Crippen molar-refractivity contribution in [3.63, 3.8) is 0 Å². The van der Waals surface area contributed by atoms with E-state index in [4.69, 9.17) is 0 Å². The molecule has 3 heteroatoms. The molecule has 0 atom stereocenters. The van der Waals surface area contributed by atoms with Crippen molar-refractivity contribution in [2.24, 2.45) is 0 Å². The van der Waals surface area contributed by atoms with E-state index in [9.17, 15) is 9.50 Å². The van der Waals surface area contributed by atoms with Crippen molar-refractivity contribution in [1.82, 2.24) is 5.32 Å². The van der Waals surface area contributed by atoms with Gasteiger partial charge in [0, 0.05) is 6.54 Å². The molecule has 0 aromatic heterocycles. The molecule has 0 aromatic rings. The SMILES string of the molecule is OC1(CNCCCF)CCCCC1. The highest BCUT2D eigenvalue weighted by Gasteiger charge is 2.28. The average Bonchev–Trinajstić information content (AvgIpc) is 2.14. The third-order valence-electron chi connectivity index (χ3n) is 2.73. The summed E-state index contributed by atoms with van der Waals surface area (Å²) in [5.74, 6) is 0. The quantitative estimate of drug-likeness (QED) is 0.644. The summed E-state index contributed by atoms with van der Waals surface area (Å²) in [5, 5.41) is 13.1. The highest BCUT2D eigenvalue weighted by molar-refractivity contribution is 4.84. The second-order valence-corrected chi connectivity index (χ2v) is 4.00. The van der Waals surface area contributed by atoms with E-state index in [2.05, 4.69) is 5.32 Å². The molecule has 0 unspecified atom stereocenters. The minimum Gasteiger partial charge on any atom is -0.389 e. The molecule has 1 saturated carbocycles.